The Morgan fingerprint density at radius 2 is 1.22 bits per heavy atom. The van der Waals surface area contributed by atoms with Crippen molar-refractivity contribution < 1.29 is 62.2 Å². The van der Waals surface area contributed by atoms with E-state index >= 15 is 0 Å². The number of aldehydes is 1. The van der Waals surface area contributed by atoms with E-state index in [1.54, 1.807) is 9.80 Å². The first-order chi connectivity index (χ1) is 21.8. The normalized spacial score (nSPS) is 14.2. The van der Waals surface area contributed by atoms with Gasteiger partial charge in [-0.1, -0.05) is 0 Å². The van der Waals surface area contributed by atoms with Crippen molar-refractivity contribution in [3.63, 3.8) is 0 Å². The summed E-state index contributed by atoms with van der Waals surface area (Å²) in [4.78, 5) is 62.0. The molecule has 0 radical (unpaired) electrons. The number of hydrogen-bond acceptors (Lipinski definition) is 12. The topological polar surface area (TPSA) is 177 Å². The third-order valence-electron chi connectivity index (χ3n) is 6.65. The van der Waals surface area contributed by atoms with Crippen LogP contribution in [0.2, 0.25) is 0 Å². The van der Waals surface area contributed by atoms with E-state index in [0.29, 0.717) is 85.3 Å². The Balaban J connectivity index is 2.09. The molecule has 0 bridgehead atoms. The fourth-order valence-electron chi connectivity index (χ4n) is 4.20. The maximum atomic E-state index is 12.8. The Morgan fingerprint density at radius 1 is 0.739 bits per heavy atom. The molecule has 1 heterocycles. The fraction of sp³-hybridized carbons (Fsp3) is 0.839. The zero-order valence-electron chi connectivity index (χ0n) is 28.1. The Morgan fingerprint density at radius 3 is 1.67 bits per heavy atom. The van der Waals surface area contributed by atoms with Crippen LogP contribution in [0.4, 0.5) is 4.79 Å². The van der Waals surface area contributed by atoms with E-state index in [4.69, 9.17) is 38.3 Å². The van der Waals surface area contributed by atoms with E-state index in [1.165, 1.54) is 13.8 Å². The second-order valence-corrected chi connectivity index (χ2v) is 12.1. The Bertz CT molecular complexity index is 915. The zero-order valence-corrected chi connectivity index (χ0v) is 28.1. The molecule has 0 unspecified atom stereocenters. The molecule has 0 aromatic heterocycles. The standard InChI is InChI=1S/C31H54N2O13/c1-30(2,3)46-29(39)32-11-8-25(9-12-32)33(26(35)7-6-14-34)13-16-41-18-20-43-22-24-44-23-21-42-19-17-40-15-10-27(36)45-31(4,5)28(37)38/h14,25H,6-13,15-24H2,1-5H3,(H,37,38). The molecule has 0 saturated carbocycles. The van der Waals surface area contributed by atoms with Crippen LogP contribution in [0.1, 0.15) is 66.7 Å². The summed E-state index contributed by atoms with van der Waals surface area (Å²) in [6.07, 6.45) is 1.90. The molecule has 1 rings (SSSR count). The highest BCUT2D eigenvalue weighted by Gasteiger charge is 2.32. The van der Waals surface area contributed by atoms with Crippen molar-refractivity contribution in [3.8, 4) is 0 Å². The molecule has 0 atom stereocenters. The number of carboxylic acid groups (broad SMARTS) is 1. The summed E-state index contributed by atoms with van der Waals surface area (Å²) in [5.41, 5.74) is -2.14. The van der Waals surface area contributed by atoms with Crippen LogP contribution in [0.25, 0.3) is 0 Å². The number of carbonyl (C=O) groups excluding carboxylic acids is 4. The molecule has 1 aliphatic rings. The number of nitrogens with zero attached hydrogens (tertiary/aromatic N) is 2. The first-order valence-corrected chi connectivity index (χ1v) is 15.8. The van der Waals surface area contributed by atoms with Crippen molar-refractivity contribution in [2.75, 3.05) is 85.7 Å². The smallest absolute Gasteiger partial charge is 0.410 e. The molecule has 1 N–H and O–H groups in total. The highest BCUT2D eigenvalue weighted by molar-refractivity contribution is 5.81. The summed E-state index contributed by atoms with van der Waals surface area (Å²) in [6, 6.07) is -0.0400. The van der Waals surface area contributed by atoms with Gasteiger partial charge >= 0.3 is 18.0 Å². The molecule has 2 amide bonds. The number of amides is 2. The minimum Gasteiger partial charge on any atom is -0.478 e. The molecule has 1 saturated heterocycles. The number of ether oxygens (including phenoxy) is 7. The van der Waals surface area contributed by atoms with Crippen molar-refractivity contribution in [2.45, 2.75) is 84.0 Å². The van der Waals surface area contributed by atoms with Crippen LogP contribution in [0.5, 0.6) is 0 Å². The SMILES string of the molecule is CC(C)(C)OC(=O)N1CCC(N(CCOCCOCCOCCOCCOCCC(=O)OC(C)(C)C(=O)O)C(=O)CCC=O)CC1. The first-order valence-electron chi connectivity index (χ1n) is 15.8. The minimum atomic E-state index is -1.57. The van der Waals surface area contributed by atoms with E-state index in [9.17, 15) is 24.0 Å². The molecule has 46 heavy (non-hydrogen) atoms. The maximum absolute atomic E-state index is 12.8. The van der Waals surface area contributed by atoms with Gasteiger partial charge in [0.15, 0.2) is 0 Å². The van der Waals surface area contributed by atoms with Crippen LogP contribution in [-0.2, 0) is 52.3 Å². The monoisotopic (exact) mass is 662 g/mol. The summed E-state index contributed by atoms with van der Waals surface area (Å²) in [6.45, 7) is 12.7. The molecule has 266 valence electrons. The lowest BCUT2D eigenvalue weighted by molar-refractivity contribution is -0.175. The van der Waals surface area contributed by atoms with Crippen LogP contribution < -0.4 is 0 Å². The largest absolute Gasteiger partial charge is 0.478 e. The number of aliphatic carboxylic acids is 1. The van der Waals surface area contributed by atoms with Crippen molar-refractivity contribution >= 4 is 30.2 Å². The molecule has 0 aromatic carbocycles. The molecule has 15 heteroatoms. The number of esters is 1. The van der Waals surface area contributed by atoms with Gasteiger partial charge in [0.2, 0.25) is 11.5 Å². The first kappa shape index (κ1) is 41.2. The maximum Gasteiger partial charge on any atom is 0.410 e. The number of rotatable bonds is 24. The zero-order chi connectivity index (χ0) is 34.4. The molecule has 1 aliphatic heterocycles. The fourth-order valence-corrected chi connectivity index (χ4v) is 4.20. The Labute approximate surface area is 272 Å². The molecule has 0 spiro atoms. The number of piperidine rings is 1. The molecular weight excluding hydrogens is 608 g/mol. The highest BCUT2D eigenvalue weighted by Crippen LogP contribution is 2.20. The molecule has 1 fully saturated rings. The van der Waals surface area contributed by atoms with E-state index in [1.807, 2.05) is 20.8 Å². The van der Waals surface area contributed by atoms with Gasteiger partial charge in [-0.05, 0) is 47.5 Å². The van der Waals surface area contributed by atoms with Gasteiger partial charge in [-0.3, -0.25) is 9.59 Å². The Hall–Kier alpha value is -2.85. The van der Waals surface area contributed by atoms with Crippen LogP contribution >= 0.6 is 0 Å². The van der Waals surface area contributed by atoms with Gasteiger partial charge in [0, 0.05) is 38.5 Å². The predicted octanol–water partition coefficient (Wildman–Crippen LogP) is 2.07. The third kappa shape index (κ3) is 19.0. The molecular formula is C31H54N2O13. The molecule has 0 aromatic rings. The van der Waals surface area contributed by atoms with Crippen molar-refractivity contribution in [1.82, 2.24) is 9.80 Å². The lowest BCUT2D eigenvalue weighted by Gasteiger charge is -2.39. The van der Waals surface area contributed by atoms with E-state index in [0.717, 1.165) is 6.29 Å². The summed E-state index contributed by atoms with van der Waals surface area (Å²) in [5.74, 6) is -1.97. The number of carbonyl (C=O) groups is 5. The number of carboxylic acids is 1. The van der Waals surface area contributed by atoms with Gasteiger partial charge in [0.1, 0.15) is 11.9 Å². The summed E-state index contributed by atoms with van der Waals surface area (Å²) in [7, 11) is 0. The Kier molecular flexibility index (Phi) is 20.3. The lowest BCUT2D eigenvalue weighted by atomic mass is 10.0. The van der Waals surface area contributed by atoms with Gasteiger partial charge in [-0.25, -0.2) is 9.59 Å². The number of hydrogen-bond donors (Lipinski definition) is 1. The summed E-state index contributed by atoms with van der Waals surface area (Å²) in [5, 5.41) is 8.95. The van der Waals surface area contributed by atoms with Gasteiger partial charge in [0.05, 0.1) is 72.5 Å². The second-order valence-electron chi connectivity index (χ2n) is 12.1. The van der Waals surface area contributed by atoms with Gasteiger partial charge in [-0.15, -0.1) is 0 Å². The average Bonchev–Trinajstić information content (AvgIpc) is 2.98. The minimum absolute atomic E-state index is 0.0400. The van der Waals surface area contributed by atoms with E-state index in [-0.39, 0.29) is 50.5 Å². The van der Waals surface area contributed by atoms with Crippen molar-refractivity contribution in [1.29, 1.82) is 0 Å². The van der Waals surface area contributed by atoms with Crippen LogP contribution in [0.15, 0.2) is 0 Å². The van der Waals surface area contributed by atoms with E-state index < -0.39 is 23.1 Å². The molecule has 0 aliphatic carbocycles. The second kappa shape index (κ2) is 22.6. The van der Waals surface area contributed by atoms with Gasteiger partial charge in [0.25, 0.3) is 0 Å². The van der Waals surface area contributed by atoms with Crippen molar-refractivity contribution in [2.24, 2.45) is 0 Å². The van der Waals surface area contributed by atoms with Gasteiger partial charge < -0.3 is 52.9 Å². The van der Waals surface area contributed by atoms with E-state index in [2.05, 4.69) is 0 Å². The quantitative estimate of drug-likeness (QED) is 0.0904. The van der Waals surface area contributed by atoms with Crippen LogP contribution in [0.3, 0.4) is 0 Å². The average molecular weight is 663 g/mol. The molecule has 15 nitrogen and oxygen atoms in total. The van der Waals surface area contributed by atoms with Crippen LogP contribution in [0, 0.1) is 0 Å². The summed E-state index contributed by atoms with van der Waals surface area (Å²) < 4.78 is 37.6. The third-order valence-corrected chi connectivity index (χ3v) is 6.65. The van der Waals surface area contributed by atoms with Crippen molar-refractivity contribution in [3.05, 3.63) is 0 Å². The summed E-state index contributed by atoms with van der Waals surface area (Å²) >= 11 is 0. The number of likely N-dealkylation sites (tertiary alicyclic amines) is 1. The predicted molar refractivity (Wildman–Crippen MR) is 164 cm³/mol. The van der Waals surface area contributed by atoms with Crippen LogP contribution in [-0.4, -0.2) is 148 Å². The van der Waals surface area contributed by atoms with Gasteiger partial charge in [-0.2, -0.15) is 0 Å². The highest BCUT2D eigenvalue weighted by atomic mass is 16.6. The lowest BCUT2D eigenvalue weighted by Crippen LogP contribution is -2.50.